The summed E-state index contributed by atoms with van der Waals surface area (Å²) in [6.45, 7) is 6.35. The number of hydrogen-bond acceptors (Lipinski definition) is 4. The van der Waals surface area contributed by atoms with Crippen LogP contribution in [0.5, 0.6) is 0 Å². The molecule has 0 saturated heterocycles. The lowest BCUT2D eigenvalue weighted by Crippen LogP contribution is -2.16. The number of hydrogen-bond donors (Lipinski definition) is 2. The highest BCUT2D eigenvalue weighted by molar-refractivity contribution is 6.30. The third kappa shape index (κ3) is 3.48. The summed E-state index contributed by atoms with van der Waals surface area (Å²) in [7, 11) is 0. The minimum Gasteiger partial charge on any atom is -0.364 e. The van der Waals surface area contributed by atoms with E-state index < -0.39 is 11.6 Å². The second-order valence-corrected chi connectivity index (χ2v) is 8.46. The molecule has 0 aliphatic rings. The molecule has 7 nitrogen and oxygen atoms in total. The van der Waals surface area contributed by atoms with Crippen molar-refractivity contribution in [2.45, 2.75) is 26.2 Å². The average molecular weight is 422 g/mol. The van der Waals surface area contributed by atoms with Crippen molar-refractivity contribution in [3.8, 4) is 17.1 Å². The second kappa shape index (κ2) is 7.11. The van der Waals surface area contributed by atoms with Gasteiger partial charge in [-0.05, 0) is 47.4 Å². The van der Waals surface area contributed by atoms with E-state index in [1.165, 1.54) is 4.57 Å². The van der Waals surface area contributed by atoms with Crippen LogP contribution in [0.15, 0.2) is 53.3 Å². The number of aromatic nitrogens is 4. The van der Waals surface area contributed by atoms with E-state index in [2.05, 4.69) is 35.7 Å². The second-order valence-electron chi connectivity index (χ2n) is 8.03. The lowest BCUT2D eigenvalue weighted by molar-refractivity contribution is 0.0997. The number of nitrogens with two attached hydrogens (primary N) is 1. The maximum absolute atomic E-state index is 12.8. The van der Waals surface area contributed by atoms with Crippen LogP contribution in [0.25, 0.3) is 28.2 Å². The van der Waals surface area contributed by atoms with E-state index in [4.69, 9.17) is 17.3 Å². The molecule has 0 bridgehead atoms. The summed E-state index contributed by atoms with van der Waals surface area (Å²) >= 11 is 5.96. The van der Waals surface area contributed by atoms with Gasteiger partial charge in [-0.15, -0.1) is 0 Å². The van der Waals surface area contributed by atoms with Gasteiger partial charge in [-0.2, -0.15) is 0 Å². The van der Waals surface area contributed by atoms with Gasteiger partial charge in [0.25, 0.3) is 5.91 Å². The number of nitrogens with one attached hydrogen (secondary N) is 1. The Bertz CT molecular complexity index is 1310. The number of H-pyrrole nitrogens is 1. The first kappa shape index (κ1) is 19.8. The summed E-state index contributed by atoms with van der Waals surface area (Å²) in [4.78, 5) is 36.3. The number of imidazole rings is 1. The first-order valence-electron chi connectivity index (χ1n) is 9.34. The fourth-order valence-electron chi connectivity index (χ4n) is 3.24. The number of nitrogens with zero attached hydrogens (tertiary/aromatic N) is 3. The van der Waals surface area contributed by atoms with Crippen LogP contribution in [0.4, 0.5) is 0 Å². The Morgan fingerprint density at radius 3 is 2.23 bits per heavy atom. The molecule has 4 aromatic rings. The summed E-state index contributed by atoms with van der Waals surface area (Å²) in [5.74, 6) is -0.485. The van der Waals surface area contributed by atoms with Crippen molar-refractivity contribution < 1.29 is 4.79 Å². The molecule has 0 aliphatic heterocycles. The molecule has 30 heavy (non-hydrogen) atoms. The molecule has 0 atom stereocenters. The smallest absolute Gasteiger partial charge is 0.332 e. The zero-order valence-electron chi connectivity index (χ0n) is 16.7. The van der Waals surface area contributed by atoms with Crippen LogP contribution in [0, 0.1) is 0 Å². The normalized spacial score (nSPS) is 11.7. The standard InChI is InChI=1S/C22H20ClN5O2/c1-22(2,3)13-6-10-15(11-7-13)28-20-17(26-21(28)30)16(18(24)29)25-19(27-20)12-4-8-14(23)9-5-12/h4-11H,1-3H3,(H2,24,29)(H,26,30). The predicted molar refractivity (Wildman–Crippen MR) is 117 cm³/mol. The first-order chi connectivity index (χ1) is 14.1. The molecule has 1 amide bonds. The number of carbonyl (C=O) groups is 1. The number of aromatic amines is 1. The van der Waals surface area contributed by atoms with E-state index in [9.17, 15) is 9.59 Å². The zero-order valence-corrected chi connectivity index (χ0v) is 17.5. The minimum absolute atomic E-state index is 0.0211. The first-order valence-corrected chi connectivity index (χ1v) is 9.72. The van der Waals surface area contributed by atoms with Gasteiger partial charge in [0.1, 0.15) is 5.52 Å². The van der Waals surface area contributed by atoms with Crippen LogP contribution >= 0.6 is 11.6 Å². The van der Waals surface area contributed by atoms with Gasteiger partial charge in [-0.3, -0.25) is 4.79 Å². The fraction of sp³-hybridized carbons (Fsp3) is 0.182. The van der Waals surface area contributed by atoms with Crippen LogP contribution in [-0.2, 0) is 5.41 Å². The monoisotopic (exact) mass is 421 g/mol. The molecule has 8 heteroatoms. The average Bonchev–Trinajstić information content (AvgIpc) is 3.02. The Labute approximate surface area is 177 Å². The molecule has 3 N–H and O–H groups in total. The van der Waals surface area contributed by atoms with E-state index >= 15 is 0 Å². The summed E-state index contributed by atoms with van der Waals surface area (Å²) in [5, 5.41) is 0.562. The van der Waals surface area contributed by atoms with Gasteiger partial charge >= 0.3 is 5.69 Å². The molecule has 2 heterocycles. The van der Waals surface area contributed by atoms with Crippen molar-refractivity contribution in [1.82, 2.24) is 19.5 Å². The van der Waals surface area contributed by atoms with Gasteiger partial charge < -0.3 is 10.7 Å². The van der Waals surface area contributed by atoms with E-state index in [0.717, 1.165) is 5.56 Å². The Hall–Kier alpha value is -3.45. The van der Waals surface area contributed by atoms with Crippen molar-refractivity contribution in [2.24, 2.45) is 5.73 Å². The van der Waals surface area contributed by atoms with Crippen molar-refractivity contribution in [3.05, 3.63) is 75.3 Å². The summed E-state index contributed by atoms with van der Waals surface area (Å²) in [5.41, 5.74) is 7.91. The molecule has 4 rings (SSSR count). The molecule has 0 spiro atoms. The maximum atomic E-state index is 12.8. The number of fused-ring (bicyclic) bond motifs is 1. The van der Waals surface area contributed by atoms with Gasteiger partial charge in [0.2, 0.25) is 0 Å². The van der Waals surface area contributed by atoms with Crippen molar-refractivity contribution in [1.29, 1.82) is 0 Å². The highest BCUT2D eigenvalue weighted by atomic mass is 35.5. The molecule has 0 fully saturated rings. The van der Waals surface area contributed by atoms with E-state index in [0.29, 0.717) is 16.3 Å². The van der Waals surface area contributed by atoms with Crippen molar-refractivity contribution in [3.63, 3.8) is 0 Å². The van der Waals surface area contributed by atoms with Crippen molar-refractivity contribution >= 4 is 28.7 Å². The van der Waals surface area contributed by atoms with Crippen molar-refractivity contribution in [2.75, 3.05) is 0 Å². The third-order valence-corrected chi connectivity index (χ3v) is 5.12. The fourth-order valence-corrected chi connectivity index (χ4v) is 3.37. The summed E-state index contributed by atoms with van der Waals surface area (Å²) in [6.07, 6.45) is 0. The SMILES string of the molecule is CC(C)(C)c1ccc(-n2c(=O)[nH]c3c(C(N)=O)nc(-c4ccc(Cl)cc4)nc32)cc1. The minimum atomic E-state index is -0.755. The van der Waals surface area contributed by atoms with Gasteiger partial charge in [0, 0.05) is 10.6 Å². The van der Waals surface area contributed by atoms with Crippen LogP contribution < -0.4 is 11.4 Å². The Balaban J connectivity index is 1.97. The Morgan fingerprint density at radius 1 is 1.03 bits per heavy atom. The lowest BCUT2D eigenvalue weighted by Gasteiger charge is -2.19. The molecule has 0 aliphatic carbocycles. The molecular formula is C22H20ClN5O2. The number of rotatable bonds is 3. The maximum Gasteiger partial charge on any atom is 0.332 e. The lowest BCUT2D eigenvalue weighted by atomic mass is 9.87. The molecular weight excluding hydrogens is 402 g/mol. The third-order valence-electron chi connectivity index (χ3n) is 4.86. The molecule has 2 aromatic heterocycles. The topological polar surface area (TPSA) is 107 Å². The highest BCUT2D eigenvalue weighted by Crippen LogP contribution is 2.25. The highest BCUT2D eigenvalue weighted by Gasteiger charge is 2.21. The number of primary amides is 1. The van der Waals surface area contributed by atoms with E-state index in [-0.39, 0.29) is 28.1 Å². The van der Waals surface area contributed by atoms with Crippen LogP contribution in [0.1, 0.15) is 36.8 Å². The van der Waals surface area contributed by atoms with Crippen LogP contribution in [0.3, 0.4) is 0 Å². The molecule has 2 aromatic carbocycles. The number of halogens is 1. The van der Waals surface area contributed by atoms with E-state index in [1.807, 2.05) is 24.3 Å². The molecule has 0 radical (unpaired) electrons. The number of carbonyl (C=O) groups excluding carboxylic acids is 1. The van der Waals surface area contributed by atoms with Crippen LogP contribution in [-0.4, -0.2) is 25.4 Å². The van der Waals surface area contributed by atoms with Gasteiger partial charge in [-0.1, -0.05) is 44.5 Å². The van der Waals surface area contributed by atoms with Gasteiger partial charge in [0.15, 0.2) is 17.2 Å². The Kier molecular flexibility index (Phi) is 4.70. The zero-order chi connectivity index (χ0) is 21.6. The van der Waals surface area contributed by atoms with Crippen LogP contribution in [0.2, 0.25) is 5.02 Å². The summed E-state index contributed by atoms with van der Waals surface area (Å²) in [6, 6.07) is 14.5. The summed E-state index contributed by atoms with van der Waals surface area (Å²) < 4.78 is 1.41. The quantitative estimate of drug-likeness (QED) is 0.524. The number of benzene rings is 2. The number of amides is 1. The van der Waals surface area contributed by atoms with Gasteiger partial charge in [0.05, 0.1) is 5.69 Å². The largest absolute Gasteiger partial charge is 0.364 e. The Morgan fingerprint density at radius 2 is 1.67 bits per heavy atom. The molecule has 152 valence electrons. The molecule has 0 unspecified atom stereocenters. The van der Waals surface area contributed by atoms with Gasteiger partial charge in [-0.25, -0.2) is 19.3 Å². The van der Waals surface area contributed by atoms with E-state index in [1.54, 1.807) is 24.3 Å². The predicted octanol–water partition coefficient (Wildman–Crippen LogP) is 3.83. The molecule has 0 saturated carbocycles.